The predicted molar refractivity (Wildman–Crippen MR) is 72.4 cm³/mol. The molecule has 2 aromatic heterocycles. The maximum atomic E-state index is 12.0. The molecule has 0 aliphatic carbocycles. The number of amides is 1. The summed E-state index contributed by atoms with van der Waals surface area (Å²) in [5, 5.41) is 13.7. The zero-order chi connectivity index (χ0) is 14.7. The Balaban J connectivity index is 1.91. The number of tetrazole rings is 1. The Morgan fingerprint density at radius 3 is 2.95 bits per heavy atom. The molecule has 106 valence electrons. The molecular formula is C13H11N5O3. The smallest absolute Gasteiger partial charge is 0.291 e. The first kappa shape index (κ1) is 12.9. The fourth-order valence-corrected chi connectivity index (χ4v) is 1.79. The third-order valence-electron chi connectivity index (χ3n) is 2.74. The van der Waals surface area contributed by atoms with Crippen LogP contribution in [0.2, 0.25) is 0 Å². The molecule has 8 nitrogen and oxygen atoms in total. The van der Waals surface area contributed by atoms with Crippen LogP contribution in [0.15, 0.2) is 47.3 Å². The number of hydrogen-bond donors (Lipinski definition) is 1. The molecule has 0 aliphatic rings. The summed E-state index contributed by atoms with van der Waals surface area (Å²) in [7, 11) is 1.54. The standard InChI is InChI=1S/C13H11N5O3/c1-20-11-6-9(15-13(19)12-3-2-4-21-12)5-10(7-11)18-8-14-16-17-18/h2-8H,1H3,(H,15,19). The molecule has 2 heterocycles. The molecule has 21 heavy (non-hydrogen) atoms. The molecule has 0 bridgehead atoms. The highest BCUT2D eigenvalue weighted by atomic mass is 16.5. The number of rotatable bonds is 4. The van der Waals surface area contributed by atoms with E-state index in [1.54, 1.807) is 30.3 Å². The molecule has 0 atom stereocenters. The Hall–Kier alpha value is -3.16. The van der Waals surface area contributed by atoms with Crippen LogP contribution in [0.4, 0.5) is 5.69 Å². The second-order valence-corrected chi connectivity index (χ2v) is 4.11. The first-order valence-electron chi connectivity index (χ1n) is 6.03. The highest BCUT2D eigenvalue weighted by molar-refractivity contribution is 6.02. The van der Waals surface area contributed by atoms with Gasteiger partial charge in [0.15, 0.2) is 5.76 Å². The highest BCUT2D eigenvalue weighted by Crippen LogP contribution is 2.23. The number of nitrogens with zero attached hydrogens (tertiary/aromatic N) is 4. The van der Waals surface area contributed by atoms with E-state index in [1.165, 1.54) is 24.4 Å². The van der Waals surface area contributed by atoms with Gasteiger partial charge in [-0.1, -0.05) is 0 Å². The van der Waals surface area contributed by atoms with Crippen molar-refractivity contribution in [3.63, 3.8) is 0 Å². The molecule has 0 saturated carbocycles. The molecule has 3 rings (SSSR count). The average Bonchev–Trinajstić information content (AvgIpc) is 3.19. The Bertz CT molecular complexity index is 737. The zero-order valence-electron chi connectivity index (χ0n) is 11.1. The van der Waals surface area contributed by atoms with Gasteiger partial charge in [-0.2, -0.15) is 0 Å². The number of carbonyl (C=O) groups excluding carboxylic acids is 1. The molecule has 0 radical (unpaired) electrons. The maximum Gasteiger partial charge on any atom is 0.291 e. The minimum atomic E-state index is -0.351. The lowest BCUT2D eigenvalue weighted by atomic mass is 10.2. The third-order valence-corrected chi connectivity index (χ3v) is 2.74. The maximum absolute atomic E-state index is 12.0. The molecule has 1 aromatic carbocycles. The van der Waals surface area contributed by atoms with Gasteiger partial charge in [0.05, 0.1) is 19.1 Å². The van der Waals surface area contributed by atoms with E-state index in [-0.39, 0.29) is 11.7 Å². The number of carbonyl (C=O) groups is 1. The van der Waals surface area contributed by atoms with Gasteiger partial charge >= 0.3 is 0 Å². The molecule has 0 aliphatic heterocycles. The Morgan fingerprint density at radius 2 is 2.29 bits per heavy atom. The van der Waals surface area contributed by atoms with Gasteiger partial charge in [0.2, 0.25) is 0 Å². The lowest BCUT2D eigenvalue weighted by molar-refractivity contribution is 0.0996. The van der Waals surface area contributed by atoms with Crippen LogP contribution in [-0.4, -0.2) is 33.2 Å². The predicted octanol–water partition coefficient (Wildman–Crippen LogP) is 1.52. The molecule has 0 unspecified atom stereocenters. The number of ether oxygens (including phenoxy) is 1. The second kappa shape index (κ2) is 5.45. The Morgan fingerprint density at radius 1 is 1.38 bits per heavy atom. The van der Waals surface area contributed by atoms with Crippen LogP contribution >= 0.6 is 0 Å². The number of nitrogens with one attached hydrogen (secondary N) is 1. The fourth-order valence-electron chi connectivity index (χ4n) is 1.79. The van der Waals surface area contributed by atoms with Crippen molar-refractivity contribution in [2.75, 3.05) is 12.4 Å². The van der Waals surface area contributed by atoms with Crippen LogP contribution in [0, 0.1) is 0 Å². The number of hydrogen-bond acceptors (Lipinski definition) is 6. The molecular weight excluding hydrogens is 274 g/mol. The summed E-state index contributed by atoms with van der Waals surface area (Å²) < 4.78 is 11.7. The van der Waals surface area contributed by atoms with Gasteiger partial charge in [-0.25, -0.2) is 4.68 Å². The zero-order valence-corrected chi connectivity index (χ0v) is 11.1. The number of furan rings is 1. The lowest BCUT2D eigenvalue weighted by Crippen LogP contribution is -2.11. The largest absolute Gasteiger partial charge is 0.497 e. The van der Waals surface area contributed by atoms with E-state index >= 15 is 0 Å². The Labute approximate surface area is 119 Å². The minimum Gasteiger partial charge on any atom is -0.497 e. The van der Waals surface area contributed by atoms with Crippen LogP contribution in [-0.2, 0) is 0 Å². The van der Waals surface area contributed by atoms with E-state index in [2.05, 4.69) is 20.8 Å². The molecule has 1 amide bonds. The average molecular weight is 285 g/mol. The SMILES string of the molecule is COc1cc(NC(=O)c2ccco2)cc(-n2cnnn2)c1. The number of methoxy groups -OCH3 is 1. The van der Waals surface area contributed by atoms with Gasteiger partial charge < -0.3 is 14.5 Å². The van der Waals surface area contributed by atoms with Crippen molar-refractivity contribution in [3.8, 4) is 11.4 Å². The van der Waals surface area contributed by atoms with Crippen LogP contribution in [0.3, 0.4) is 0 Å². The summed E-state index contributed by atoms with van der Waals surface area (Å²) in [5.41, 5.74) is 1.20. The van der Waals surface area contributed by atoms with Gasteiger partial charge in [0.1, 0.15) is 12.1 Å². The highest BCUT2D eigenvalue weighted by Gasteiger charge is 2.11. The van der Waals surface area contributed by atoms with E-state index in [0.29, 0.717) is 17.1 Å². The molecule has 0 saturated heterocycles. The van der Waals surface area contributed by atoms with Gasteiger partial charge in [-0.05, 0) is 28.6 Å². The van der Waals surface area contributed by atoms with Crippen LogP contribution in [0.1, 0.15) is 10.6 Å². The fraction of sp³-hybridized carbons (Fsp3) is 0.0769. The summed E-state index contributed by atoms with van der Waals surface area (Å²) >= 11 is 0. The van der Waals surface area contributed by atoms with Crippen molar-refractivity contribution in [1.82, 2.24) is 20.2 Å². The molecule has 3 aromatic rings. The normalized spacial score (nSPS) is 10.3. The summed E-state index contributed by atoms with van der Waals surface area (Å²) in [6.07, 6.45) is 2.89. The van der Waals surface area contributed by atoms with Crippen molar-refractivity contribution in [3.05, 3.63) is 48.7 Å². The molecule has 0 spiro atoms. The van der Waals surface area contributed by atoms with Gasteiger partial charge in [0.25, 0.3) is 5.91 Å². The summed E-state index contributed by atoms with van der Waals surface area (Å²) in [6, 6.07) is 8.39. The van der Waals surface area contributed by atoms with E-state index in [1.807, 2.05) is 0 Å². The van der Waals surface area contributed by atoms with Gasteiger partial charge in [0, 0.05) is 17.8 Å². The quantitative estimate of drug-likeness (QED) is 0.780. The Kier molecular flexibility index (Phi) is 3.34. The van der Waals surface area contributed by atoms with E-state index < -0.39 is 0 Å². The van der Waals surface area contributed by atoms with Crippen molar-refractivity contribution in [1.29, 1.82) is 0 Å². The molecule has 0 fully saturated rings. The second-order valence-electron chi connectivity index (χ2n) is 4.11. The van der Waals surface area contributed by atoms with Crippen LogP contribution in [0.5, 0.6) is 5.75 Å². The van der Waals surface area contributed by atoms with Crippen LogP contribution < -0.4 is 10.1 Å². The van der Waals surface area contributed by atoms with Crippen molar-refractivity contribution in [2.24, 2.45) is 0 Å². The van der Waals surface area contributed by atoms with Crippen LogP contribution in [0.25, 0.3) is 5.69 Å². The third kappa shape index (κ3) is 2.73. The topological polar surface area (TPSA) is 95.1 Å². The van der Waals surface area contributed by atoms with E-state index in [0.717, 1.165) is 0 Å². The number of anilines is 1. The summed E-state index contributed by atoms with van der Waals surface area (Å²) in [6.45, 7) is 0. The van der Waals surface area contributed by atoms with E-state index in [4.69, 9.17) is 9.15 Å². The molecule has 8 heteroatoms. The van der Waals surface area contributed by atoms with E-state index in [9.17, 15) is 4.79 Å². The number of aromatic nitrogens is 4. The first-order valence-corrected chi connectivity index (χ1v) is 6.03. The minimum absolute atomic E-state index is 0.224. The van der Waals surface area contributed by atoms with Crippen molar-refractivity contribution < 1.29 is 13.9 Å². The van der Waals surface area contributed by atoms with Crippen molar-refractivity contribution in [2.45, 2.75) is 0 Å². The monoisotopic (exact) mass is 285 g/mol. The molecule has 1 N–H and O–H groups in total. The van der Waals surface area contributed by atoms with Gasteiger partial charge in [-0.15, -0.1) is 5.10 Å². The summed E-state index contributed by atoms with van der Waals surface area (Å²) in [5.74, 6) is 0.440. The van der Waals surface area contributed by atoms with Gasteiger partial charge in [-0.3, -0.25) is 4.79 Å². The first-order chi connectivity index (χ1) is 10.3. The summed E-state index contributed by atoms with van der Waals surface area (Å²) in [4.78, 5) is 12.0. The van der Waals surface area contributed by atoms with Crippen molar-refractivity contribution >= 4 is 11.6 Å². The number of benzene rings is 1. The lowest BCUT2D eigenvalue weighted by Gasteiger charge is -2.09.